The van der Waals surface area contributed by atoms with Crippen LogP contribution < -0.4 is 0 Å². The number of aliphatic hydroxyl groups is 3. The number of aldehydes is 1. The molecule has 0 aliphatic carbocycles. The molecule has 0 saturated carbocycles. The van der Waals surface area contributed by atoms with Crippen molar-refractivity contribution >= 4 is 18.0 Å². The second kappa shape index (κ2) is 21.3. The van der Waals surface area contributed by atoms with E-state index in [4.69, 9.17) is 33.2 Å². The standard InChI is InChI=1S/C39H65NO13/c1-11-31-27(20-49-39-37(48-10)36(47-9)33(45)25(6)51-39)16-21(2)12-13-29(42)22(3)17-26(14-15-41)35(24(5)30(43)19-32(44)52-31)53-38-34(46)28(40(7)8)18-23(4)50-38/h12-13,15-16,22-28,30-31,33-39,43,45-46H,11,14,17-20H2,1-10H3/b13-12-,21-16-. The van der Waals surface area contributed by atoms with E-state index in [-0.39, 0.29) is 43.8 Å². The fourth-order valence-electron chi connectivity index (χ4n) is 7.68. The Kier molecular flexibility index (Phi) is 18.2. The first-order chi connectivity index (χ1) is 25.1. The van der Waals surface area contributed by atoms with Gasteiger partial charge in [-0.15, -0.1) is 0 Å². The van der Waals surface area contributed by atoms with Crippen molar-refractivity contribution in [3.8, 4) is 0 Å². The highest BCUT2D eigenvalue weighted by Gasteiger charge is 2.46. The summed E-state index contributed by atoms with van der Waals surface area (Å²) in [5, 5.41) is 33.4. The summed E-state index contributed by atoms with van der Waals surface area (Å²) in [7, 11) is 6.68. The molecule has 14 nitrogen and oxygen atoms in total. The molecule has 3 rings (SSSR count). The number of allylic oxidation sites excluding steroid dienone is 3. The lowest BCUT2D eigenvalue weighted by atomic mass is 9.79. The van der Waals surface area contributed by atoms with Crippen LogP contribution in [0.15, 0.2) is 23.8 Å². The molecule has 2 fully saturated rings. The third-order valence-electron chi connectivity index (χ3n) is 11.0. The van der Waals surface area contributed by atoms with E-state index in [2.05, 4.69) is 0 Å². The predicted octanol–water partition coefficient (Wildman–Crippen LogP) is 2.59. The average Bonchev–Trinajstić information content (AvgIpc) is 3.11. The van der Waals surface area contributed by atoms with Crippen molar-refractivity contribution in [2.75, 3.05) is 34.9 Å². The maximum atomic E-state index is 13.5. The summed E-state index contributed by atoms with van der Waals surface area (Å²) in [4.78, 5) is 41.0. The molecule has 14 heteroatoms. The number of esters is 1. The average molecular weight is 756 g/mol. The smallest absolute Gasteiger partial charge is 0.308 e. The number of nitrogens with zero attached hydrogens (tertiary/aromatic N) is 1. The lowest BCUT2D eigenvalue weighted by Gasteiger charge is -2.44. The molecule has 3 N–H and O–H groups in total. The van der Waals surface area contributed by atoms with E-state index in [0.717, 1.165) is 11.9 Å². The molecular formula is C39H65NO13. The van der Waals surface area contributed by atoms with Gasteiger partial charge in [0.2, 0.25) is 0 Å². The Labute approximate surface area is 315 Å². The molecule has 0 radical (unpaired) electrons. The van der Waals surface area contributed by atoms with Crippen LogP contribution in [-0.2, 0) is 47.5 Å². The quantitative estimate of drug-likeness (QED) is 0.207. The van der Waals surface area contributed by atoms with Crippen molar-refractivity contribution in [1.82, 2.24) is 4.90 Å². The van der Waals surface area contributed by atoms with Crippen LogP contribution in [-0.4, -0.2) is 147 Å². The summed E-state index contributed by atoms with van der Waals surface area (Å²) >= 11 is 0. The molecule has 3 heterocycles. The van der Waals surface area contributed by atoms with Gasteiger partial charge in [0.1, 0.15) is 36.8 Å². The van der Waals surface area contributed by atoms with Crippen molar-refractivity contribution in [3.63, 3.8) is 0 Å². The van der Waals surface area contributed by atoms with Gasteiger partial charge in [0.05, 0.1) is 37.4 Å². The molecule has 53 heavy (non-hydrogen) atoms. The highest BCUT2D eigenvalue weighted by atomic mass is 16.7. The van der Waals surface area contributed by atoms with Gasteiger partial charge in [-0.2, -0.15) is 0 Å². The second-order valence-electron chi connectivity index (χ2n) is 15.3. The van der Waals surface area contributed by atoms with Crippen LogP contribution in [0.25, 0.3) is 0 Å². The van der Waals surface area contributed by atoms with Crippen LogP contribution in [0.2, 0.25) is 0 Å². The number of carbonyl (C=O) groups is 3. The van der Waals surface area contributed by atoms with E-state index in [1.807, 2.05) is 45.8 Å². The van der Waals surface area contributed by atoms with E-state index in [1.165, 1.54) is 20.3 Å². The Morgan fingerprint density at radius 1 is 0.925 bits per heavy atom. The van der Waals surface area contributed by atoms with Gasteiger partial charge in [0.15, 0.2) is 18.4 Å². The predicted molar refractivity (Wildman–Crippen MR) is 194 cm³/mol. The number of aliphatic hydroxyl groups excluding tert-OH is 3. The maximum absolute atomic E-state index is 13.5. The molecule has 0 bridgehead atoms. The maximum Gasteiger partial charge on any atom is 0.308 e. The number of cyclic esters (lactones) is 1. The number of ketones is 1. The summed E-state index contributed by atoms with van der Waals surface area (Å²) in [5.74, 6) is -3.10. The summed E-state index contributed by atoms with van der Waals surface area (Å²) in [6.07, 6.45) is -2.33. The molecule has 0 spiro atoms. The monoisotopic (exact) mass is 755 g/mol. The summed E-state index contributed by atoms with van der Waals surface area (Å²) in [6, 6.07) is -0.263. The first-order valence-electron chi connectivity index (χ1n) is 18.9. The minimum Gasteiger partial charge on any atom is -0.462 e. The van der Waals surface area contributed by atoms with Crippen molar-refractivity contribution in [1.29, 1.82) is 0 Å². The van der Waals surface area contributed by atoms with Gasteiger partial charge in [-0.3, -0.25) is 9.59 Å². The van der Waals surface area contributed by atoms with E-state index in [1.54, 1.807) is 26.8 Å². The minimum absolute atomic E-state index is 0.0268. The molecule has 16 atom stereocenters. The van der Waals surface area contributed by atoms with E-state index in [0.29, 0.717) is 12.8 Å². The lowest BCUT2D eigenvalue weighted by Crippen LogP contribution is -2.59. The Morgan fingerprint density at radius 3 is 2.21 bits per heavy atom. The Bertz CT molecular complexity index is 1230. The van der Waals surface area contributed by atoms with Crippen LogP contribution in [0.5, 0.6) is 0 Å². The summed E-state index contributed by atoms with van der Waals surface area (Å²) in [6.45, 7) is 10.8. The molecule has 2 saturated heterocycles. The fraction of sp³-hybridized carbons (Fsp3) is 0.821. The van der Waals surface area contributed by atoms with E-state index < -0.39 is 91.1 Å². The lowest BCUT2D eigenvalue weighted by molar-refractivity contribution is -0.304. The third kappa shape index (κ3) is 12.2. The highest BCUT2D eigenvalue weighted by Crippen LogP contribution is 2.34. The van der Waals surface area contributed by atoms with Crippen molar-refractivity contribution in [3.05, 3.63) is 23.8 Å². The molecule has 304 valence electrons. The van der Waals surface area contributed by atoms with E-state index >= 15 is 0 Å². The Hall–Kier alpha value is -2.11. The normalized spacial score (nSPS) is 42.8. The number of hydrogen-bond acceptors (Lipinski definition) is 14. The molecule has 3 aliphatic rings. The molecular weight excluding hydrogens is 690 g/mol. The summed E-state index contributed by atoms with van der Waals surface area (Å²) in [5.41, 5.74) is 0.722. The first kappa shape index (κ1) is 45.3. The van der Waals surface area contributed by atoms with Crippen molar-refractivity contribution in [2.24, 2.45) is 23.7 Å². The van der Waals surface area contributed by atoms with Gasteiger partial charge in [-0.1, -0.05) is 38.5 Å². The van der Waals surface area contributed by atoms with Crippen LogP contribution in [0.1, 0.15) is 73.6 Å². The van der Waals surface area contributed by atoms with E-state index in [9.17, 15) is 29.7 Å². The van der Waals surface area contributed by atoms with Crippen LogP contribution in [0, 0.1) is 23.7 Å². The largest absolute Gasteiger partial charge is 0.462 e. The van der Waals surface area contributed by atoms with Gasteiger partial charge in [0.25, 0.3) is 0 Å². The second-order valence-corrected chi connectivity index (χ2v) is 15.3. The number of likely N-dealkylation sites (N-methyl/N-ethyl adjacent to an activating group) is 1. The fourth-order valence-corrected chi connectivity index (χ4v) is 7.68. The van der Waals surface area contributed by atoms with Gasteiger partial charge in [-0.25, -0.2) is 0 Å². The third-order valence-corrected chi connectivity index (χ3v) is 11.0. The number of hydrogen-bond donors (Lipinski definition) is 3. The Morgan fingerprint density at radius 2 is 1.60 bits per heavy atom. The van der Waals surface area contributed by atoms with Crippen molar-refractivity contribution in [2.45, 2.75) is 147 Å². The van der Waals surface area contributed by atoms with Gasteiger partial charge in [-0.05, 0) is 66.1 Å². The number of methoxy groups -OCH3 is 2. The SMILES string of the molecule is CCC1OC(=O)CC(O)C(C)C(OC2OC(C)CC(N(C)C)C2O)C(CC=O)CC(C)C(=O)/C=C\C(C)=C/C1COC1OC(C)C(O)C(OC)C1OC. The van der Waals surface area contributed by atoms with Gasteiger partial charge >= 0.3 is 5.97 Å². The van der Waals surface area contributed by atoms with Gasteiger partial charge in [0, 0.05) is 44.4 Å². The van der Waals surface area contributed by atoms with Crippen LogP contribution >= 0.6 is 0 Å². The molecule has 0 aromatic carbocycles. The molecule has 0 aromatic rings. The number of ether oxygens (including phenoxy) is 7. The van der Waals surface area contributed by atoms with Crippen LogP contribution in [0.4, 0.5) is 0 Å². The number of carbonyl (C=O) groups excluding carboxylic acids is 3. The zero-order valence-corrected chi connectivity index (χ0v) is 33.2. The Balaban J connectivity index is 1.95. The summed E-state index contributed by atoms with van der Waals surface area (Å²) < 4.78 is 41.9. The molecule has 3 aliphatic heterocycles. The zero-order chi connectivity index (χ0) is 39.6. The number of rotatable bonds is 11. The molecule has 0 aromatic heterocycles. The topological polar surface area (TPSA) is 180 Å². The van der Waals surface area contributed by atoms with Gasteiger partial charge < -0.3 is 58.2 Å². The van der Waals surface area contributed by atoms with Crippen LogP contribution in [0.3, 0.4) is 0 Å². The highest BCUT2D eigenvalue weighted by molar-refractivity contribution is 5.91. The zero-order valence-electron chi connectivity index (χ0n) is 33.2. The molecule has 16 unspecified atom stereocenters. The first-order valence-corrected chi connectivity index (χ1v) is 18.9. The molecule has 0 amide bonds. The van der Waals surface area contributed by atoms with Crippen molar-refractivity contribution < 1.29 is 62.9 Å². The minimum atomic E-state index is -1.26.